The molecular weight excluding hydrogens is 304 g/mol. The number of piperazine rings is 1. The highest BCUT2D eigenvalue weighted by Gasteiger charge is 2.23. The van der Waals surface area contributed by atoms with Crippen molar-refractivity contribution in [3.8, 4) is 0 Å². The van der Waals surface area contributed by atoms with E-state index in [1.807, 2.05) is 0 Å². The largest absolute Gasteiger partial charge is 0.314 e. The molecule has 1 rings (SSSR count). The number of nitrogens with one attached hydrogen (secondary N) is 2. The van der Waals surface area contributed by atoms with Gasteiger partial charge in [0, 0.05) is 45.8 Å². The molecule has 120 valence electrons. The number of hydrogen-bond donors (Lipinski definition) is 2. The van der Waals surface area contributed by atoms with E-state index in [0.29, 0.717) is 45.7 Å². The number of hydrogen-bond acceptors (Lipinski definition) is 5. The van der Waals surface area contributed by atoms with Crippen LogP contribution in [0.5, 0.6) is 0 Å². The van der Waals surface area contributed by atoms with Crippen molar-refractivity contribution in [3.63, 3.8) is 0 Å². The fourth-order valence-electron chi connectivity index (χ4n) is 1.99. The first-order valence-corrected chi connectivity index (χ1v) is 9.97. The normalized spacial score (nSPS) is 18.6. The molecule has 0 saturated carbocycles. The lowest BCUT2D eigenvalue weighted by atomic mass is 10.4. The first-order valence-electron chi connectivity index (χ1n) is 6.68. The summed E-state index contributed by atoms with van der Waals surface area (Å²) in [6.45, 7) is 4.92. The van der Waals surface area contributed by atoms with Gasteiger partial charge >= 0.3 is 0 Å². The molecule has 8 nitrogen and oxygen atoms in total. The van der Waals surface area contributed by atoms with Crippen LogP contribution in [0.2, 0.25) is 0 Å². The minimum absolute atomic E-state index is 0.234. The van der Waals surface area contributed by atoms with Gasteiger partial charge in [-0.3, -0.25) is 0 Å². The van der Waals surface area contributed by atoms with Gasteiger partial charge in [-0.1, -0.05) is 6.92 Å². The SMILES string of the molecule is CCN(CCCNS(=O)(=O)N1CCNCC1)S(C)(=O)=O. The van der Waals surface area contributed by atoms with Crippen molar-refractivity contribution in [2.24, 2.45) is 0 Å². The molecule has 1 fully saturated rings. The van der Waals surface area contributed by atoms with Gasteiger partial charge in [-0.05, 0) is 6.42 Å². The highest BCUT2D eigenvalue weighted by molar-refractivity contribution is 7.88. The second-order valence-corrected chi connectivity index (χ2v) is 8.39. The zero-order valence-electron chi connectivity index (χ0n) is 12.0. The summed E-state index contributed by atoms with van der Waals surface area (Å²) in [5.41, 5.74) is 0. The van der Waals surface area contributed by atoms with Gasteiger partial charge in [0.25, 0.3) is 10.2 Å². The minimum atomic E-state index is -3.45. The molecule has 0 aliphatic carbocycles. The first-order chi connectivity index (χ1) is 9.27. The van der Waals surface area contributed by atoms with Gasteiger partial charge in [0.15, 0.2) is 0 Å². The van der Waals surface area contributed by atoms with Crippen LogP contribution in [-0.2, 0) is 20.2 Å². The molecule has 1 aliphatic heterocycles. The summed E-state index contributed by atoms with van der Waals surface area (Å²) < 4.78 is 51.9. The predicted molar refractivity (Wildman–Crippen MR) is 78.1 cm³/mol. The van der Waals surface area contributed by atoms with E-state index in [1.165, 1.54) is 8.61 Å². The summed E-state index contributed by atoms with van der Waals surface area (Å²) in [5.74, 6) is 0. The number of sulfonamides is 1. The van der Waals surface area contributed by atoms with Gasteiger partial charge in [0.2, 0.25) is 10.0 Å². The Balaban J connectivity index is 2.36. The molecule has 0 atom stereocenters. The second-order valence-electron chi connectivity index (χ2n) is 4.66. The lowest BCUT2D eigenvalue weighted by Crippen LogP contribution is -2.50. The molecule has 0 spiro atoms. The Labute approximate surface area is 121 Å². The molecule has 10 heteroatoms. The fourth-order valence-corrected chi connectivity index (χ4v) is 4.17. The molecule has 0 aromatic rings. The van der Waals surface area contributed by atoms with Crippen molar-refractivity contribution in [1.82, 2.24) is 18.6 Å². The Morgan fingerprint density at radius 1 is 1.20 bits per heavy atom. The van der Waals surface area contributed by atoms with Crippen LogP contribution in [-0.4, -0.2) is 77.5 Å². The van der Waals surface area contributed by atoms with Crippen molar-refractivity contribution in [2.45, 2.75) is 13.3 Å². The van der Waals surface area contributed by atoms with E-state index < -0.39 is 20.2 Å². The van der Waals surface area contributed by atoms with Crippen LogP contribution in [0.3, 0.4) is 0 Å². The molecular formula is C10H24N4O4S2. The summed E-state index contributed by atoms with van der Waals surface area (Å²) in [5, 5.41) is 3.09. The Kier molecular flexibility index (Phi) is 6.82. The molecule has 0 amide bonds. The second kappa shape index (κ2) is 7.66. The van der Waals surface area contributed by atoms with Crippen LogP contribution in [0.15, 0.2) is 0 Å². The summed E-state index contributed by atoms with van der Waals surface area (Å²) in [6.07, 6.45) is 1.60. The minimum Gasteiger partial charge on any atom is -0.314 e. The van der Waals surface area contributed by atoms with Crippen LogP contribution in [0, 0.1) is 0 Å². The van der Waals surface area contributed by atoms with Crippen LogP contribution >= 0.6 is 0 Å². The van der Waals surface area contributed by atoms with Crippen LogP contribution in [0.4, 0.5) is 0 Å². The molecule has 20 heavy (non-hydrogen) atoms. The zero-order chi connectivity index (χ0) is 15.2. The van der Waals surface area contributed by atoms with Gasteiger partial charge in [-0.25, -0.2) is 17.4 Å². The maximum absolute atomic E-state index is 12.0. The molecule has 1 aliphatic rings. The molecule has 0 unspecified atom stereocenters. The Bertz CT molecular complexity index is 485. The zero-order valence-corrected chi connectivity index (χ0v) is 13.6. The molecule has 0 bridgehead atoms. The van der Waals surface area contributed by atoms with E-state index in [-0.39, 0.29) is 6.54 Å². The standard InChI is InChI=1S/C10H24N4O4S2/c1-3-13(19(2,15)16)8-4-5-12-20(17,18)14-9-6-11-7-10-14/h11-12H,3-10H2,1-2H3. The fraction of sp³-hybridized carbons (Fsp3) is 1.00. The van der Waals surface area contributed by atoms with Crippen molar-refractivity contribution in [1.29, 1.82) is 0 Å². The molecule has 0 radical (unpaired) electrons. The van der Waals surface area contributed by atoms with E-state index >= 15 is 0 Å². The summed E-state index contributed by atoms with van der Waals surface area (Å²) in [4.78, 5) is 0. The first kappa shape index (κ1) is 17.8. The summed E-state index contributed by atoms with van der Waals surface area (Å²) >= 11 is 0. The maximum Gasteiger partial charge on any atom is 0.279 e. The van der Waals surface area contributed by atoms with Crippen LogP contribution in [0.25, 0.3) is 0 Å². The van der Waals surface area contributed by atoms with Gasteiger partial charge in [-0.2, -0.15) is 12.7 Å². The van der Waals surface area contributed by atoms with E-state index in [0.717, 1.165) is 6.26 Å². The van der Waals surface area contributed by atoms with Gasteiger partial charge < -0.3 is 5.32 Å². The van der Waals surface area contributed by atoms with E-state index in [4.69, 9.17) is 0 Å². The van der Waals surface area contributed by atoms with Crippen molar-refractivity contribution in [3.05, 3.63) is 0 Å². The molecule has 2 N–H and O–H groups in total. The van der Waals surface area contributed by atoms with Gasteiger partial charge in [0.1, 0.15) is 0 Å². The molecule has 0 aromatic heterocycles. The smallest absolute Gasteiger partial charge is 0.279 e. The highest BCUT2D eigenvalue weighted by Crippen LogP contribution is 2.01. The Morgan fingerprint density at radius 3 is 2.30 bits per heavy atom. The van der Waals surface area contributed by atoms with Crippen LogP contribution < -0.4 is 10.0 Å². The van der Waals surface area contributed by atoms with Crippen molar-refractivity contribution < 1.29 is 16.8 Å². The van der Waals surface area contributed by atoms with E-state index in [9.17, 15) is 16.8 Å². The molecule has 1 saturated heterocycles. The highest BCUT2D eigenvalue weighted by atomic mass is 32.2. The monoisotopic (exact) mass is 328 g/mol. The third-order valence-corrected chi connectivity index (χ3v) is 6.10. The number of nitrogens with zero attached hydrogens (tertiary/aromatic N) is 2. The van der Waals surface area contributed by atoms with E-state index in [2.05, 4.69) is 10.0 Å². The average Bonchev–Trinajstić information content (AvgIpc) is 2.38. The van der Waals surface area contributed by atoms with Crippen LogP contribution in [0.1, 0.15) is 13.3 Å². The topological polar surface area (TPSA) is 98.8 Å². The summed E-state index contributed by atoms with van der Waals surface area (Å²) in [7, 11) is -6.66. The third-order valence-electron chi connectivity index (χ3n) is 3.11. The average molecular weight is 328 g/mol. The van der Waals surface area contributed by atoms with Gasteiger partial charge in [-0.15, -0.1) is 0 Å². The third kappa shape index (κ3) is 5.62. The maximum atomic E-state index is 12.0. The molecule has 0 aromatic carbocycles. The van der Waals surface area contributed by atoms with Gasteiger partial charge in [0.05, 0.1) is 6.26 Å². The lowest BCUT2D eigenvalue weighted by Gasteiger charge is -2.26. The lowest BCUT2D eigenvalue weighted by molar-refractivity contribution is 0.353. The Hall–Kier alpha value is -0.260. The molecule has 1 heterocycles. The van der Waals surface area contributed by atoms with Crippen molar-refractivity contribution in [2.75, 3.05) is 52.1 Å². The number of rotatable bonds is 8. The summed E-state index contributed by atoms with van der Waals surface area (Å²) in [6, 6.07) is 0. The van der Waals surface area contributed by atoms with Crippen molar-refractivity contribution >= 4 is 20.2 Å². The van der Waals surface area contributed by atoms with E-state index in [1.54, 1.807) is 6.92 Å². The predicted octanol–water partition coefficient (Wildman–Crippen LogP) is -1.60. The quantitative estimate of drug-likeness (QED) is 0.523. The Morgan fingerprint density at radius 2 is 1.80 bits per heavy atom.